The summed E-state index contributed by atoms with van der Waals surface area (Å²) >= 11 is 3.34. The Labute approximate surface area is 120 Å². The van der Waals surface area contributed by atoms with Gasteiger partial charge in [0.2, 0.25) is 0 Å². The van der Waals surface area contributed by atoms with Crippen LogP contribution < -0.4 is 4.74 Å². The molecular formula is C14H16BrFN2O. The lowest BCUT2D eigenvalue weighted by molar-refractivity contribution is 0.462. The summed E-state index contributed by atoms with van der Waals surface area (Å²) in [5.74, 6) is 1.28. The Balaban J connectivity index is 2.23. The van der Waals surface area contributed by atoms with E-state index in [1.165, 1.54) is 12.1 Å². The van der Waals surface area contributed by atoms with Gasteiger partial charge in [-0.1, -0.05) is 13.8 Å². The molecular weight excluding hydrogens is 311 g/mol. The van der Waals surface area contributed by atoms with Gasteiger partial charge in [-0.25, -0.2) is 4.39 Å². The molecule has 1 heterocycles. The maximum Gasteiger partial charge on any atom is 0.168 e. The quantitative estimate of drug-likeness (QED) is 0.824. The largest absolute Gasteiger partial charge is 0.452 e. The molecule has 1 aromatic heterocycles. The van der Waals surface area contributed by atoms with Crippen LogP contribution in [0.1, 0.15) is 19.5 Å². The van der Waals surface area contributed by atoms with Crippen LogP contribution in [0.15, 0.2) is 28.9 Å². The Bertz CT molecular complexity index is 581. The van der Waals surface area contributed by atoms with Crippen LogP contribution in [0.25, 0.3) is 0 Å². The van der Waals surface area contributed by atoms with Gasteiger partial charge in [0.25, 0.3) is 0 Å². The van der Waals surface area contributed by atoms with Gasteiger partial charge in [0.1, 0.15) is 17.3 Å². The van der Waals surface area contributed by atoms with Gasteiger partial charge in [0.05, 0.1) is 10.7 Å². The molecule has 0 spiro atoms. The molecule has 0 aliphatic heterocycles. The van der Waals surface area contributed by atoms with Crippen LogP contribution in [-0.2, 0) is 6.54 Å². The molecule has 2 rings (SSSR count). The van der Waals surface area contributed by atoms with Crippen LogP contribution in [0.3, 0.4) is 0 Å². The summed E-state index contributed by atoms with van der Waals surface area (Å²) < 4.78 is 21.5. The summed E-state index contributed by atoms with van der Waals surface area (Å²) in [5, 5.41) is 4.38. The molecule has 102 valence electrons. The van der Waals surface area contributed by atoms with E-state index in [2.05, 4.69) is 34.9 Å². The summed E-state index contributed by atoms with van der Waals surface area (Å²) in [6, 6.07) is 4.35. The number of benzene rings is 1. The zero-order valence-corrected chi connectivity index (χ0v) is 12.7. The molecule has 0 aliphatic rings. The van der Waals surface area contributed by atoms with Crippen molar-refractivity contribution in [2.75, 3.05) is 0 Å². The second-order valence-electron chi connectivity index (χ2n) is 4.87. The molecule has 0 saturated heterocycles. The van der Waals surface area contributed by atoms with Crippen LogP contribution in [0.5, 0.6) is 11.5 Å². The molecule has 0 fully saturated rings. The predicted molar refractivity (Wildman–Crippen MR) is 76.0 cm³/mol. The zero-order chi connectivity index (χ0) is 14.0. The first-order chi connectivity index (χ1) is 8.95. The lowest BCUT2D eigenvalue weighted by Crippen LogP contribution is -2.04. The number of hydrogen-bond donors (Lipinski definition) is 0. The number of nitrogens with zero attached hydrogens (tertiary/aromatic N) is 2. The summed E-state index contributed by atoms with van der Waals surface area (Å²) in [5.41, 5.74) is 0.789. The normalized spacial score (nSPS) is 11.1. The predicted octanol–water partition coefficient (Wildman–Crippen LogP) is 4.54. The molecule has 0 bridgehead atoms. The highest BCUT2D eigenvalue weighted by Gasteiger charge is 2.11. The van der Waals surface area contributed by atoms with E-state index >= 15 is 0 Å². The molecule has 1 aromatic carbocycles. The van der Waals surface area contributed by atoms with Crippen LogP contribution >= 0.6 is 15.9 Å². The fourth-order valence-electron chi connectivity index (χ4n) is 1.74. The first-order valence-electron chi connectivity index (χ1n) is 6.12. The number of ether oxygens (including phenoxy) is 1. The van der Waals surface area contributed by atoms with Crippen molar-refractivity contribution in [1.82, 2.24) is 9.78 Å². The molecule has 3 nitrogen and oxygen atoms in total. The number of aromatic nitrogens is 2. The lowest BCUT2D eigenvalue weighted by Gasteiger charge is -2.06. The highest BCUT2D eigenvalue weighted by Crippen LogP contribution is 2.31. The maximum atomic E-state index is 13.2. The van der Waals surface area contributed by atoms with Gasteiger partial charge in [0, 0.05) is 12.6 Å². The molecule has 5 heteroatoms. The van der Waals surface area contributed by atoms with E-state index in [-0.39, 0.29) is 5.82 Å². The standard InChI is InChI=1S/C14H16BrFN2O/c1-9(2)7-18-8-14(10(3)17-18)19-13-6-11(16)4-5-12(13)15/h4-6,8-9H,7H2,1-3H3. The first kappa shape index (κ1) is 14.1. The monoisotopic (exact) mass is 326 g/mol. The molecule has 0 amide bonds. The lowest BCUT2D eigenvalue weighted by atomic mass is 10.2. The van der Waals surface area contributed by atoms with Gasteiger partial charge in [-0.2, -0.15) is 5.10 Å². The Hall–Kier alpha value is -1.36. The fourth-order valence-corrected chi connectivity index (χ4v) is 2.07. The summed E-state index contributed by atoms with van der Waals surface area (Å²) in [6.45, 7) is 6.95. The Kier molecular flexibility index (Phi) is 4.24. The van der Waals surface area contributed by atoms with E-state index in [1.54, 1.807) is 6.07 Å². The van der Waals surface area contributed by atoms with Gasteiger partial charge in [-0.15, -0.1) is 0 Å². The number of rotatable bonds is 4. The van der Waals surface area contributed by atoms with Crippen molar-refractivity contribution in [1.29, 1.82) is 0 Å². The van der Waals surface area contributed by atoms with Crippen molar-refractivity contribution < 1.29 is 9.13 Å². The van der Waals surface area contributed by atoms with E-state index in [0.29, 0.717) is 21.9 Å². The molecule has 0 aliphatic carbocycles. The minimum Gasteiger partial charge on any atom is -0.452 e. The average Bonchev–Trinajstić information content (AvgIpc) is 2.63. The van der Waals surface area contributed by atoms with Gasteiger partial charge in [-0.05, 0) is 40.9 Å². The second-order valence-corrected chi connectivity index (χ2v) is 5.73. The topological polar surface area (TPSA) is 27.1 Å². The van der Waals surface area contributed by atoms with Gasteiger partial charge in [0.15, 0.2) is 5.75 Å². The maximum absolute atomic E-state index is 13.2. The van der Waals surface area contributed by atoms with Crippen molar-refractivity contribution >= 4 is 15.9 Å². The summed E-state index contributed by atoms with van der Waals surface area (Å²) in [6.07, 6.45) is 1.84. The number of aryl methyl sites for hydroxylation is 1. The average molecular weight is 327 g/mol. The van der Waals surface area contributed by atoms with E-state index in [9.17, 15) is 4.39 Å². The summed E-state index contributed by atoms with van der Waals surface area (Å²) in [4.78, 5) is 0. The fraction of sp³-hybridized carbons (Fsp3) is 0.357. The van der Waals surface area contributed by atoms with E-state index in [0.717, 1.165) is 12.2 Å². The van der Waals surface area contributed by atoms with E-state index < -0.39 is 0 Å². The third-order valence-corrected chi connectivity index (χ3v) is 3.22. The zero-order valence-electron chi connectivity index (χ0n) is 11.2. The van der Waals surface area contributed by atoms with E-state index in [1.807, 2.05) is 17.8 Å². The van der Waals surface area contributed by atoms with Crippen molar-refractivity contribution in [3.63, 3.8) is 0 Å². The highest BCUT2D eigenvalue weighted by molar-refractivity contribution is 9.10. The van der Waals surface area contributed by atoms with Gasteiger partial charge in [-0.3, -0.25) is 4.68 Å². The Morgan fingerprint density at radius 2 is 2.11 bits per heavy atom. The van der Waals surface area contributed by atoms with Crippen LogP contribution in [0.2, 0.25) is 0 Å². The van der Waals surface area contributed by atoms with Crippen molar-refractivity contribution in [2.45, 2.75) is 27.3 Å². The van der Waals surface area contributed by atoms with Crippen molar-refractivity contribution in [3.8, 4) is 11.5 Å². The van der Waals surface area contributed by atoms with E-state index in [4.69, 9.17) is 4.74 Å². The minimum absolute atomic E-state index is 0.328. The molecule has 0 atom stereocenters. The van der Waals surface area contributed by atoms with Crippen molar-refractivity contribution in [2.24, 2.45) is 5.92 Å². The van der Waals surface area contributed by atoms with Crippen LogP contribution in [0, 0.1) is 18.7 Å². The minimum atomic E-state index is -0.328. The van der Waals surface area contributed by atoms with Crippen LogP contribution in [-0.4, -0.2) is 9.78 Å². The van der Waals surface area contributed by atoms with Gasteiger partial charge < -0.3 is 4.74 Å². The summed E-state index contributed by atoms with van der Waals surface area (Å²) in [7, 11) is 0. The SMILES string of the molecule is Cc1nn(CC(C)C)cc1Oc1cc(F)ccc1Br. The molecule has 0 saturated carbocycles. The Morgan fingerprint density at radius 3 is 2.79 bits per heavy atom. The molecule has 0 unspecified atom stereocenters. The third-order valence-electron chi connectivity index (χ3n) is 2.57. The first-order valence-corrected chi connectivity index (χ1v) is 6.92. The molecule has 2 aromatic rings. The number of halogens is 2. The molecule has 0 radical (unpaired) electrons. The third kappa shape index (κ3) is 3.56. The van der Waals surface area contributed by atoms with Crippen molar-refractivity contribution in [3.05, 3.63) is 40.4 Å². The smallest absolute Gasteiger partial charge is 0.168 e. The second kappa shape index (κ2) is 5.74. The van der Waals surface area contributed by atoms with Crippen LogP contribution in [0.4, 0.5) is 4.39 Å². The molecule has 0 N–H and O–H groups in total. The highest BCUT2D eigenvalue weighted by atomic mass is 79.9. The number of hydrogen-bond acceptors (Lipinski definition) is 2. The van der Waals surface area contributed by atoms with Gasteiger partial charge >= 0.3 is 0 Å². The Morgan fingerprint density at radius 1 is 1.37 bits per heavy atom. The molecule has 19 heavy (non-hydrogen) atoms.